The van der Waals surface area contributed by atoms with Gasteiger partial charge in [0.1, 0.15) is 0 Å². The molecular weight excluding hydrogens is 208 g/mol. The zero-order valence-electron chi connectivity index (χ0n) is 9.09. The number of carbonyl (C=O) groups is 1. The van der Waals surface area contributed by atoms with Gasteiger partial charge in [0.2, 0.25) is 0 Å². The molecule has 5 nitrogen and oxygen atoms in total. The largest absolute Gasteiger partial charge is 0.478 e. The van der Waals surface area contributed by atoms with Crippen molar-refractivity contribution in [3.63, 3.8) is 0 Å². The van der Waals surface area contributed by atoms with Crippen LogP contribution in [-0.4, -0.2) is 42.4 Å². The van der Waals surface area contributed by atoms with E-state index in [4.69, 9.17) is 9.84 Å². The van der Waals surface area contributed by atoms with Crippen LogP contribution in [0.3, 0.4) is 0 Å². The van der Waals surface area contributed by atoms with Crippen LogP contribution >= 0.6 is 0 Å². The van der Waals surface area contributed by atoms with E-state index in [1.165, 1.54) is 12.3 Å². The van der Waals surface area contributed by atoms with Crippen LogP contribution < -0.4 is 4.90 Å². The number of anilines is 1. The lowest BCUT2D eigenvalue weighted by molar-refractivity contribution is 0.0697. The van der Waals surface area contributed by atoms with Gasteiger partial charge in [0.15, 0.2) is 0 Å². The van der Waals surface area contributed by atoms with Crippen molar-refractivity contribution in [2.45, 2.75) is 12.5 Å². The lowest BCUT2D eigenvalue weighted by Gasteiger charge is -2.19. The summed E-state index contributed by atoms with van der Waals surface area (Å²) in [6.45, 7) is 1.53. The second kappa shape index (κ2) is 4.49. The van der Waals surface area contributed by atoms with Crippen molar-refractivity contribution in [1.29, 1.82) is 0 Å². The minimum absolute atomic E-state index is 0.182. The van der Waals surface area contributed by atoms with Gasteiger partial charge >= 0.3 is 5.97 Å². The van der Waals surface area contributed by atoms with Gasteiger partial charge in [-0.05, 0) is 12.5 Å². The van der Waals surface area contributed by atoms with Gasteiger partial charge in [0.05, 0.1) is 23.6 Å². The van der Waals surface area contributed by atoms with Gasteiger partial charge in [-0.3, -0.25) is 4.98 Å². The monoisotopic (exact) mass is 222 g/mol. The Morgan fingerprint density at radius 1 is 1.69 bits per heavy atom. The van der Waals surface area contributed by atoms with E-state index < -0.39 is 5.97 Å². The Morgan fingerprint density at radius 2 is 2.50 bits per heavy atom. The third kappa shape index (κ3) is 1.99. The Labute approximate surface area is 93.7 Å². The fraction of sp³-hybridized carbons (Fsp3) is 0.455. The van der Waals surface area contributed by atoms with Gasteiger partial charge in [0, 0.05) is 26.4 Å². The van der Waals surface area contributed by atoms with E-state index >= 15 is 0 Å². The topological polar surface area (TPSA) is 62.7 Å². The first-order valence-electron chi connectivity index (χ1n) is 5.17. The van der Waals surface area contributed by atoms with E-state index in [1.807, 2.05) is 4.90 Å². The van der Waals surface area contributed by atoms with E-state index in [-0.39, 0.29) is 6.10 Å². The van der Waals surface area contributed by atoms with Crippen molar-refractivity contribution in [2.75, 3.05) is 25.1 Å². The molecule has 1 aromatic heterocycles. The van der Waals surface area contributed by atoms with E-state index in [0.717, 1.165) is 19.5 Å². The summed E-state index contributed by atoms with van der Waals surface area (Å²) < 4.78 is 5.25. The predicted octanol–water partition coefficient (Wildman–Crippen LogP) is 1.00. The molecule has 0 bridgehead atoms. The molecular formula is C11H14N2O3. The lowest BCUT2D eigenvalue weighted by atomic mass is 10.2. The molecule has 1 aromatic rings. The average molecular weight is 222 g/mol. The van der Waals surface area contributed by atoms with Crippen molar-refractivity contribution in [2.24, 2.45) is 0 Å². The molecule has 1 atom stereocenters. The number of carboxylic acids is 1. The van der Waals surface area contributed by atoms with Gasteiger partial charge in [-0.1, -0.05) is 0 Å². The number of hydrogen-bond donors (Lipinski definition) is 1. The fourth-order valence-electron chi connectivity index (χ4n) is 1.96. The van der Waals surface area contributed by atoms with Gasteiger partial charge < -0.3 is 14.7 Å². The van der Waals surface area contributed by atoms with Gasteiger partial charge in [-0.15, -0.1) is 0 Å². The van der Waals surface area contributed by atoms with Gasteiger partial charge in [-0.25, -0.2) is 4.79 Å². The van der Waals surface area contributed by atoms with Gasteiger partial charge in [-0.2, -0.15) is 0 Å². The second-order valence-corrected chi connectivity index (χ2v) is 3.79. The van der Waals surface area contributed by atoms with Crippen molar-refractivity contribution in [3.05, 3.63) is 24.0 Å². The van der Waals surface area contributed by atoms with Crippen LogP contribution in [0.2, 0.25) is 0 Å². The summed E-state index contributed by atoms with van der Waals surface area (Å²) in [6, 6.07) is 1.53. The van der Waals surface area contributed by atoms with Crippen LogP contribution in [0, 0.1) is 0 Å². The highest BCUT2D eigenvalue weighted by Gasteiger charge is 2.25. The predicted molar refractivity (Wildman–Crippen MR) is 58.8 cm³/mol. The highest BCUT2D eigenvalue weighted by molar-refractivity contribution is 5.94. The minimum Gasteiger partial charge on any atom is -0.478 e. The molecule has 0 radical (unpaired) electrons. The Kier molecular flexibility index (Phi) is 3.05. The highest BCUT2D eigenvalue weighted by atomic mass is 16.5. The molecule has 1 N–H and O–H groups in total. The first-order chi connectivity index (χ1) is 7.72. The summed E-state index contributed by atoms with van der Waals surface area (Å²) in [7, 11) is 1.68. The van der Waals surface area contributed by atoms with E-state index in [1.54, 1.807) is 13.3 Å². The SMILES string of the molecule is COC1CCN(c2cnccc2C(=O)O)C1. The molecule has 0 aliphatic carbocycles. The number of aromatic nitrogens is 1. The quantitative estimate of drug-likeness (QED) is 0.826. The molecule has 1 fully saturated rings. The van der Waals surface area contributed by atoms with E-state index in [9.17, 15) is 4.79 Å². The molecule has 2 rings (SSSR count). The Morgan fingerprint density at radius 3 is 3.12 bits per heavy atom. The number of ether oxygens (including phenoxy) is 1. The molecule has 16 heavy (non-hydrogen) atoms. The third-order valence-corrected chi connectivity index (χ3v) is 2.85. The third-order valence-electron chi connectivity index (χ3n) is 2.85. The molecule has 86 valence electrons. The Bertz CT molecular complexity index is 395. The molecule has 1 saturated heterocycles. The standard InChI is InChI=1S/C11H14N2O3/c1-16-8-3-5-13(7-8)10-6-12-4-2-9(10)11(14)15/h2,4,6,8H,3,5,7H2,1H3,(H,14,15). The average Bonchev–Trinajstić information content (AvgIpc) is 2.77. The minimum atomic E-state index is -0.918. The maximum absolute atomic E-state index is 11.0. The van der Waals surface area contributed by atoms with Crippen LogP contribution in [0.1, 0.15) is 16.8 Å². The summed E-state index contributed by atoms with van der Waals surface area (Å²) in [4.78, 5) is 17.0. The summed E-state index contributed by atoms with van der Waals surface area (Å²) in [5, 5.41) is 9.06. The summed E-state index contributed by atoms with van der Waals surface area (Å²) in [5.74, 6) is -0.918. The molecule has 0 saturated carbocycles. The molecule has 2 heterocycles. The van der Waals surface area contributed by atoms with E-state index in [2.05, 4.69) is 4.98 Å². The smallest absolute Gasteiger partial charge is 0.337 e. The molecule has 0 aromatic carbocycles. The van der Waals surface area contributed by atoms with Crippen LogP contribution in [0.4, 0.5) is 5.69 Å². The first kappa shape index (κ1) is 10.9. The molecule has 0 amide bonds. The molecule has 0 spiro atoms. The summed E-state index contributed by atoms with van der Waals surface area (Å²) in [5.41, 5.74) is 0.973. The maximum Gasteiger partial charge on any atom is 0.337 e. The maximum atomic E-state index is 11.0. The zero-order chi connectivity index (χ0) is 11.5. The number of rotatable bonds is 3. The zero-order valence-corrected chi connectivity index (χ0v) is 9.09. The normalized spacial score (nSPS) is 20.1. The fourth-order valence-corrected chi connectivity index (χ4v) is 1.96. The van der Waals surface area contributed by atoms with Crippen molar-refractivity contribution in [1.82, 2.24) is 4.98 Å². The number of pyridine rings is 1. The number of nitrogens with zero attached hydrogens (tertiary/aromatic N) is 2. The van der Waals surface area contributed by atoms with Crippen LogP contribution in [0.25, 0.3) is 0 Å². The molecule has 5 heteroatoms. The molecule has 1 unspecified atom stereocenters. The highest BCUT2D eigenvalue weighted by Crippen LogP contribution is 2.24. The summed E-state index contributed by atoms with van der Waals surface area (Å²) >= 11 is 0. The number of methoxy groups -OCH3 is 1. The first-order valence-corrected chi connectivity index (χ1v) is 5.17. The van der Waals surface area contributed by atoms with E-state index in [0.29, 0.717) is 11.3 Å². The molecule has 1 aliphatic heterocycles. The second-order valence-electron chi connectivity index (χ2n) is 3.79. The van der Waals surface area contributed by atoms with Gasteiger partial charge in [0.25, 0.3) is 0 Å². The van der Waals surface area contributed by atoms with Crippen LogP contribution in [0.15, 0.2) is 18.5 Å². The van der Waals surface area contributed by atoms with Crippen LogP contribution in [0.5, 0.6) is 0 Å². The molecule has 1 aliphatic rings. The van der Waals surface area contributed by atoms with Crippen molar-refractivity contribution < 1.29 is 14.6 Å². The van der Waals surface area contributed by atoms with Crippen LogP contribution in [-0.2, 0) is 4.74 Å². The summed E-state index contributed by atoms with van der Waals surface area (Å²) in [6.07, 6.45) is 4.20. The Balaban J connectivity index is 2.24. The number of carboxylic acid groups (broad SMARTS) is 1. The number of aromatic carboxylic acids is 1. The van der Waals surface area contributed by atoms with Crippen molar-refractivity contribution in [3.8, 4) is 0 Å². The number of hydrogen-bond acceptors (Lipinski definition) is 4. The lowest BCUT2D eigenvalue weighted by Crippen LogP contribution is -2.24. The Hall–Kier alpha value is -1.62. The van der Waals surface area contributed by atoms with Crippen molar-refractivity contribution >= 4 is 11.7 Å².